The summed E-state index contributed by atoms with van der Waals surface area (Å²) in [7, 11) is 1.63. The van der Waals surface area contributed by atoms with Crippen LogP contribution in [0, 0.1) is 0 Å². The van der Waals surface area contributed by atoms with E-state index in [1.54, 1.807) is 13.2 Å². The van der Waals surface area contributed by atoms with Crippen molar-refractivity contribution in [3.05, 3.63) is 10.7 Å². The fraction of sp³-hybridized carbons (Fsp3) is 0.615. The molecule has 0 aliphatic rings. The lowest BCUT2D eigenvalue weighted by Gasteiger charge is -2.23. The maximum absolute atomic E-state index is 11.6. The highest BCUT2D eigenvalue weighted by Gasteiger charge is 2.15. The van der Waals surface area contributed by atoms with Crippen molar-refractivity contribution in [2.75, 3.05) is 36.9 Å². The van der Waals surface area contributed by atoms with Gasteiger partial charge in [0.05, 0.1) is 11.0 Å². The SMILES string of the molecule is CCCNc1ncc(Br)c(N(CCC)CC(=O)NC)n1. The van der Waals surface area contributed by atoms with Gasteiger partial charge in [0.25, 0.3) is 0 Å². The van der Waals surface area contributed by atoms with Gasteiger partial charge in [-0.25, -0.2) is 4.98 Å². The van der Waals surface area contributed by atoms with Crippen LogP contribution in [-0.4, -0.2) is 42.6 Å². The lowest BCUT2D eigenvalue weighted by atomic mass is 10.3. The van der Waals surface area contributed by atoms with Crippen molar-refractivity contribution in [1.82, 2.24) is 15.3 Å². The first kappa shape index (κ1) is 16.7. The summed E-state index contributed by atoms with van der Waals surface area (Å²) in [4.78, 5) is 22.3. The van der Waals surface area contributed by atoms with Crippen LogP contribution in [-0.2, 0) is 4.79 Å². The number of aromatic nitrogens is 2. The molecule has 0 saturated heterocycles. The summed E-state index contributed by atoms with van der Waals surface area (Å²) in [5, 5.41) is 5.79. The maximum Gasteiger partial charge on any atom is 0.239 e. The van der Waals surface area contributed by atoms with Crippen LogP contribution in [0.1, 0.15) is 26.7 Å². The van der Waals surface area contributed by atoms with Crippen molar-refractivity contribution in [3.8, 4) is 0 Å². The van der Waals surface area contributed by atoms with Crippen molar-refractivity contribution < 1.29 is 4.79 Å². The number of nitrogens with zero attached hydrogens (tertiary/aromatic N) is 3. The molecule has 1 aromatic rings. The summed E-state index contributed by atoms with van der Waals surface area (Å²) in [5.41, 5.74) is 0. The van der Waals surface area contributed by atoms with Crippen LogP contribution in [0.15, 0.2) is 10.7 Å². The van der Waals surface area contributed by atoms with Gasteiger partial charge < -0.3 is 15.5 Å². The molecule has 0 aliphatic carbocycles. The summed E-state index contributed by atoms with van der Waals surface area (Å²) in [6, 6.07) is 0. The first-order valence-electron chi connectivity index (χ1n) is 6.84. The number of halogens is 1. The average Bonchev–Trinajstić information content (AvgIpc) is 2.45. The molecule has 20 heavy (non-hydrogen) atoms. The summed E-state index contributed by atoms with van der Waals surface area (Å²) < 4.78 is 0.789. The van der Waals surface area contributed by atoms with Crippen LogP contribution in [0.4, 0.5) is 11.8 Å². The van der Waals surface area contributed by atoms with Gasteiger partial charge in [-0.15, -0.1) is 0 Å². The zero-order chi connectivity index (χ0) is 15.0. The second kappa shape index (κ2) is 8.73. The summed E-state index contributed by atoms with van der Waals surface area (Å²) >= 11 is 3.45. The van der Waals surface area contributed by atoms with Crippen molar-refractivity contribution >= 4 is 33.6 Å². The van der Waals surface area contributed by atoms with E-state index < -0.39 is 0 Å². The second-order valence-electron chi connectivity index (χ2n) is 4.39. The van der Waals surface area contributed by atoms with Gasteiger partial charge >= 0.3 is 0 Å². The fourth-order valence-corrected chi connectivity index (χ4v) is 2.13. The normalized spacial score (nSPS) is 10.2. The topological polar surface area (TPSA) is 70.2 Å². The third-order valence-electron chi connectivity index (χ3n) is 2.67. The number of rotatable bonds is 8. The fourth-order valence-electron chi connectivity index (χ4n) is 1.68. The standard InChI is InChI=1S/C13H22BrN5O/c1-4-6-16-13-17-8-10(14)12(18-13)19(7-5-2)9-11(20)15-3/h8H,4-7,9H2,1-3H3,(H,15,20)(H,16,17,18). The Kier molecular flexibility index (Phi) is 7.28. The number of likely N-dealkylation sites (N-methyl/N-ethyl adjacent to an activating group) is 1. The summed E-state index contributed by atoms with van der Waals surface area (Å²) in [6.07, 6.45) is 3.66. The lowest BCUT2D eigenvalue weighted by molar-refractivity contribution is -0.119. The Balaban J connectivity index is 2.95. The highest BCUT2D eigenvalue weighted by atomic mass is 79.9. The minimum atomic E-state index is -0.0352. The molecule has 1 amide bonds. The average molecular weight is 344 g/mol. The molecular formula is C13H22BrN5O. The number of hydrogen-bond donors (Lipinski definition) is 2. The zero-order valence-corrected chi connectivity index (χ0v) is 13.8. The predicted octanol–water partition coefficient (Wildman–Crippen LogP) is 2.02. The molecule has 112 valence electrons. The molecule has 0 bridgehead atoms. The highest BCUT2D eigenvalue weighted by molar-refractivity contribution is 9.10. The molecule has 1 aromatic heterocycles. The van der Waals surface area contributed by atoms with Gasteiger partial charge in [-0.2, -0.15) is 4.98 Å². The highest BCUT2D eigenvalue weighted by Crippen LogP contribution is 2.24. The van der Waals surface area contributed by atoms with Gasteiger partial charge in [0.1, 0.15) is 5.82 Å². The number of hydrogen-bond acceptors (Lipinski definition) is 5. The van der Waals surface area contributed by atoms with Crippen LogP contribution in [0.25, 0.3) is 0 Å². The number of amides is 1. The van der Waals surface area contributed by atoms with Crippen LogP contribution in [0.3, 0.4) is 0 Å². The second-order valence-corrected chi connectivity index (χ2v) is 5.24. The Hall–Kier alpha value is -1.37. The van der Waals surface area contributed by atoms with E-state index in [2.05, 4.69) is 50.4 Å². The van der Waals surface area contributed by atoms with E-state index in [1.807, 2.05) is 4.90 Å². The van der Waals surface area contributed by atoms with Crippen LogP contribution >= 0.6 is 15.9 Å². The molecule has 7 heteroatoms. The molecule has 0 saturated carbocycles. The maximum atomic E-state index is 11.6. The van der Waals surface area contributed by atoms with Gasteiger partial charge in [-0.3, -0.25) is 4.79 Å². The largest absolute Gasteiger partial charge is 0.358 e. The van der Waals surface area contributed by atoms with Gasteiger partial charge in [-0.05, 0) is 28.8 Å². The van der Waals surface area contributed by atoms with E-state index in [1.165, 1.54) is 0 Å². The molecular weight excluding hydrogens is 322 g/mol. The third-order valence-corrected chi connectivity index (χ3v) is 3.22. The van der Waals surface area contributed by atoms with Gasteiger partial charge in [0.15, 0.2) is 0 Å². The van der Waals surface area contributed by atoms with Gasteiger partial charge in [0, 0.05) is 26.3 Å². The summed E-state index contributed by atoms with van der Waals surface area (Å²) in [6.45, 7) is 6.03. The minimum absolute atomic E-state index is 0.0352. The monoisotopic (exact) mass is 343 g/mol. The number of carbonyl (C=O) groups excluding carboxylic acids is 1. The summed E-state index contributed by atoms with van der Waals surface area (Å²) in [5.74, 6) is 1.29. The zero-order valence-electron chi connectivity index (χ0n) is 12.2. The van der Waals surface area contributed by atoms with Gasteiger partial charge in [0.2, 0.25) is 11.9 Å². The molecule has 0 spiro atoms. The Morgan fingerprint density at radius 1 is 1.40 bits per heavy atom. The van der Waals surface area contributed by atoms with E-state index in [0.717, 1.165) is 36.2 Å². The minimum Gasteiger partial charge on any atom is -0.358 e. The quantitative estimate of drug-likeness (QED) is 0.755. The van der Waals surface area contributed by atoms with Crippen LogP contribution in [0.2, 0.25) is 0 Å². The molecule has 2 N–H and O–H groups in total. The Bertz CT molecular complexity index is 441. The van der Waals surface area contributed by atoms with E-state index in [-0.39, 0.29) is 12.5 Å². The van der Waals surface area contributed by atoms with Crippen molar-refractivity contribution in [2.24, 2.45) is 0 Å². The molecule has 1 heterocycles. The Labute approximate surface area is 128 Å². The molecule has 0 radical (unpaired) electrons. The van der Waals surface area contributed by atoms with Crippen molar-refractivity contribution in [1.29, 1.82) is 0 Å². The van der Waals surface area contributed by atoms with Crippen molar-refractivity contribution in [2.45, 2.75) is 26.7 Å². The van der Waals surface area contributed by atoms with Crippen molar-refractivity contribution in [3.63, 3.8) is 0 Å². The number of nitrogens with one attached hydrogen (secondary N) is 2. The van der Waals surface area contributed by atoms with E-state index in [9.17, 15) is 4.79 Å². The molecule has 6 nitrogen and oxygen atoms in total. The molecule has 0 aromatic carbocycles. The molecule has 0 aliphatic heterocycles. The molecule has 0 fully saturated rings. The van der Waals surface area contributed by atoms with Crippen LogP contribution < -0.4 is 15.5 Å². The smallest absolute Gasteiger partial charge is 0.239 e. The first-order valence-corrected chi connectivity index (χ1v) is 7.63. The molecule has 0 atom stereocenters. The van der Waals surface area contributed by atoms with Crippen LogP contribution in [0.5, 0.6) is 0 Å². The van der Waals surface area contributed by atoms with E-state index in [4.69, 9.17) is 0 Å². The molecule has 0 unspecified atom stereocenters. The predicted molar refractivity (Wildman–Crippen MR) is 85.1 cm³/mol. The molecule has 1 rings (SSSR count). The van der Waals surface area contributed by atoms with E-state index >= 15 is 0 Å². The Morgan fingerprint density at radius 2 is 2.15 bits per heavy atom. The third kappa shape index (κ3) is 4.96. The van der Waals surface area contributed by atoms with E-state index in [0.29, 0.717) is 5.95 Å². The first-order chi connectivity index (χ1) is 9.62. The Morgan fingerprint density at radius 3 is 2.75 bits per heavy atom. The number of carbonyl (C=O) groups is 1. The number of anilines is 2. The van der Waals surface area contributed by atoms with Gasteiger partial charge in [-0.1, -0.05) is 13.8 Å². The lowest BCUT2D eigenvalue weighted by Crippen LogP contribution is -2.37.